The first-order valence-electron chi connectivity index (χ1n) is 9.92. The number of hydrogen-bond acceptors (Lipinski definition) is 5. The van der Waals surface area contributed by atoms with Gasteiger partial charge in [0, 0.05) is 5.56 Å². The molecule has 0 fully saturated rings. The highest BCUT2D eigenvalue weighted by atomic mass is 19.1. The molecule has 1 amide bonds. The monoisotopic (exact) mass is 422 g/mol. The van der Waals surface area contributed by atoms with Gasteiger partial charge in [-0.1, -0.05) is 26.8 Å². The minimum Gasteiger partial charge on any atom is -0.485 e. The smallest absolute Gasteiger partial charge is 0.284 e. The van der Waals surface area contributed by atoms with Gasteiger partial charge in [-0.3, -0.25) is 4.79 Å². The number of amides is 1. The third-order valence-electron chi connectivity index (χ3n) is 4.88. The second-order valence-electron chi connectivity index (χ2n) is 8.27. The lowest BCUT2D eigenvalue weighted by Crippen LogP contribution is -2.42. The molecule has 2 aromatic carbocycles. The van der Waals surface area contributed by atoms with Crippen LogP contribution in [0.5, 0.6) is 11.5 Å². The molecule has 1 aliphatic heterocycles. The van der Waals surface area contributed by atoms with E-state index >= 15 is 0 Å². The lowest BCUT2D eigenvalue weighted by molar-refractivity contribution is -0.130. The minimum atomic E-state index is -0.814. The van der Waals surface area contributed by atoms with Gasteiger partial charge < -0.3 is 13.9 Å². The molecule has 31 heavy (non-hydrogen) atoms. The van der Waals surface area contributed by atoms with E-state index in [1.165, 1.54) is 18.3 Å². The maximum atomic E-state index is 13.0. The molecule has 1 unspecified atom stereocenters. The van der Waals surface area contributed by atoms with Crippen LogP contribution in [0.4, 0.5) is 4.39 Å². The van der Waals surface area contributed by atoms with E-state index in [2.05, 4.69) is 31.3 Å². The number of carbonyl (C=O) groups is 1. The average molecular weight is 422 g/mol. The standard InChI is InChI=1S/C24H23FN2O4/c1-24(2,3)16-6-10-20-21(12-16)31-22(14-29-20)23(28)27-26-13-18-9-11-19(30-18)15-4-7-17(25)8-5-15/h4-13,22H,14H2,1-3H3,(H,27,28)/b26-13-. The van der Waals surface area contributed by atoms with Crippen LogP contribution < -0.4 is 14.9 Å². The van der Waals surface area contributed by atoms with Gasteiger partial charge in [-0.05, 0) is 59.5 Å². The highest BCUT2D eigenvalue weighted by molar-refractivity contribution is 5.84. The van der Waals surface area contributed by atoms with Crippen molar-refractivity contribution in [3.63, 3.8) is 0 Å². The van der Waals surface area contributed by atoms with Crippen LogP contribution in [0.1, 0.15) is 32.1 Å². The number of furan rings is 1. The lowest BCUT2D eigenvalue weighted by atomic mass is 9.87. The Morgan fingerprint density at radius 1 is 1.10 bits per heavy atom. The predicted octanol–water partition coefficient (Wildman–Crippen LogP) is 4.67. The molecule has 2 heterocycles. The number of fused-ring (bicyclic) bond motifs is 1. The summed E-state index contributed by atoms with van der Waals surface area (Å²) in [6.07, 6.45) is 0.575. The van der Waals surface area contributed by atoms with Crippen molar-refractivity contribution < 1.29 is 23.1 Å². The Labute approximate surface area is 179 Å². The van der Waals surface area contributed by atoms with Crippen molar-refractivity contribution in [2.75, 3.05) is 6.61 Å². The molecule has 0 saturated heterocycles. The van der Waals surface area contributed by atoms with Crippen molar-refractivity contribution in [3.8, 4) is 22.8 Å². The van der Waals surface area contributed by atoms with E-state index in [1.54, 1.807) is 24.3 Å². The van der Waals surface area contributed by atoms with Crippen LogP contribution in [0.3, 0.4) is 0 Å². The average Bonchev–Trinajstić information content (AvgIpc) is 3.21. The van der Waals surface area contributed by atoms with E-state index in [-0.39, 0.29) is 17.8 Å². The van der Waals surface area contributed by atoms with Gasteiger partial charge in [0.25, 0.3) is 5.91 Å². The molecule has 0 radical (unpaired) electrons. The van der Waals surface area contributed by atoms with Gasteiger partial charge in [-0.15, -0.1) is 0 Å². The first-order valence-corrected chi connectivity index (χ1v) is 9.92. The van der Waals surface area contributed by atoms with E-state index in [1.807, 2.05) is 18.2 Å². The Bertz CT molecular complexity index is 1110. The van der Waals surface area contributed by atoms with E-state index in [0.717, 1.165) is 11.1 Å². The fourth-order valence-corrected chi connectivity index (χ4v) is 3.09. The number of halogens is 1. The molecule has 0 saturated carbocycles. The van der Waals surface area contributed by atoms with Gasteiger partial charge in [0.2, 0.25) is 6.10 Å². The van der Waals surface area contributed by atoms with E-state index in [9.17, 15) is 9.18 Å². The number of ether oxygens (including phenoxy) is 2. The summed E-state index contributed by atoms with van der Waals surface area (Å²) in [7, 11) is 0. The largest absolute Gasteiger partial charge is 0.485 e. The summed E-state index contributed by atoms with van der Waals surface area (Å²) in [5, 5.41) is 3.94. The molecule has 4 rings (SSSR count). The molecule has 1 N–H and O–H groups in total. The molecule has 0 spiro atoms. The molecule has 6 nitrogen and oxygen atoms in total. The Balaban J connectivity index is 1.37. The van der Waals surface area contributed by atoms with Crippen LogP contribution in [0.15, 0.2) is 64.1 Å². The summed E-state index contributed by atoms with van der Waals surface area (Å²) in [6, 6.07) is 15.2. The zero-order valence-electron chi connectivity index (χ0n) is 17.5. The van der Waals surface area contributed by atoms with Crippen LogP contribution in [0.2, 0.25) is 0 Å². The number of hydrazone groups is 1. The SMILES string of the molecule is CC(C)(C)c1ccc2c(c1)OC(C(=O)N/N=C\c1ccc(-c3ccc(F)cc3)o1)CO2. The molecule has 1 aromatic heterocycles. The number of benzene rings is 2. The van der Waals surface area contributed by atoms with Crippen molar-refractivity contribution in [3.05, 3.63) is 71.7 Å². The van der Waals surface area contributed by atoms with Gasteiger partial charge in [-0.2, -0.15) is 5.10 Å². The number of nitrogens with zero attached hydrogens (tertiary/aromatic N) is 1. The third kappa shape index (κ3) is 4.77. The van der Waals surface area contributed by atoms with Gasteiger partial charge in [0.1, 0.15) is 23.9 Å². The molecule has 0 bridgehead atoms. The number of carbonyl (C=O) groups excluding carboxylic acids is 1. The van der Waals surface area contributed by atoms with Crippen LogP contribution in [-0.2, 0) is 10.2 Å². The fourth-order valence-electron chi connectivity index (χ4n) is 3.09. The fraction of sp³-hybridized carbons (Fsp3) is 0.250. The van der Waals surface area contributed by atoms with Crippen molar-refractivity contribution in [2.24, 2.45) is 5.10 Å². The molecule has 3 aromatic rings. The zero-order chi connectivity index (χ0) is 22.0. The second kappa shape index (κ2) is 8.26. The molecular weight excluding hydrogens is 399 g/mol. The third-order valence-corrected chi connectivity index (χ3v) is 4.88. The highest BCUT2D eigenvalue weighted by Gasteiger charge is 2.28. The minimum absolute atomic E-state index is 0.0479. The molecule has 1 atom stereocenters. The van der Waals surface area contributed by atoms with E-state index < -0.39 is 12.0 Å². The van der Waals surface area contributed by atoms with Crippen molar-refractivity contribution in [1.29, 1.82) is 0 Å². The first-order chi connectivity index (χ1) is 14.8. The van der Waals surface area contributed by atoms with E-state index in [0.29, 0.717) is 23.0 Å². The van der Waals surface area contributed by atoms with Crippen LogP contribution >= 0.6 is 0 Å². The molecule has 160 valence electrons. The normalized spacial score (nSPS) is 15.8. The van der Waals surface area contributed by atoms with Crippen molar-refractivity contribution >= 4 is 12.1 Å². The lowest BCUT2D eigenvalue weighted by Gasteiger charge is -2.27. The van der Waals surface area contributed by atoms with Gasteiger partial charge in [0.05, 0.1) is 6.21 Å². The second-order valence-corrected chi connectivity index (χ2v) is 8.27. The van der Waals surface area contributed by atoms with Crippen LogP contribution in [0.25, 0.3) is 11.3 Å². The maximum absolute atomic E-state index is 13.0. The van der Waals surface area contributed by atoms with Gasteiger partial charge in [-0.25, -0.2) is 9.82 Å². The van der Waals surface area contributed by atoms with Crippen LogP contribution in [0, 0.1) is 5.82 Å². The Hall–Kier alpha value is -3.61. The number of hydrogen-bond donors (Lipinski definition) is 1. The molecule has 7 heteroatoms. The van der Waals surface area contributed by atoms with Gasteiger partial charge >= 0.3 is 0 Å². The van der Waals surface area contributed by atoms with Gasteiger partial charge in [0.15, 0.2) is 11.5 Å². The topological polar surface area (TPSA) is 73.1 Å². The quantitative estimate of drug-likeness (QED) is 0.490. The summed E-state index contributed by atoms with van der Waals surface area (Å²) in [6.45, 7) is 6.41. The Morgan fingerprint density at radius 2 is 1.87 bits per heavy atom. The number of rotatable bonds is 4. The Morgan fingerprint density at radius 3 is 2.61 bits per heavy atom. The summed E-state index contributed by atoms with van der Waals surface area (Å²) in [5.74, 6) is 1.44. The van der Waals surface area contributed by atoms with Crippen molar-refractivity contribution in [1.82, 2.24) is 5.43 Å². The maximum Gasteiger partial charge on any atom is 0.284 e. The summed E-state index contributed by atoms with van der Waals surface area (Å²) in [5.41, 5.74) is 4.23. The van der Waals surface area contributed by atoms with Crippen molar-refractivity contribution in [2.45, 2.75) is 32.3 Å². The predicted molar refractivity (Wildman–Crippen MR) is 115 cm³/mol. The molecule has 1 aliphatic rings. The zero-order valence-corrected chi connectivity index (χ0v) is 17.5. The first kappa shape index (κ1) is 20.7. The highest BCUT2D eigenvalue weighted by Crippen LogP contribution is 2.36. The number of nitrogens with one attached hydrogen (secondary N) is 1. The molecule has 0 aliphatic carbocycles. The molecular formula is C24H23FN2O4. The summed E-state index contributed by atoms with van der Waals surface area (Å²) < 4.78 is 30.2. The van der Waals surface area contributed by atoms with Crippen LogP contribution in [-0.4, -0.2) is 24.8 Å². The summed E-state index contributed by atoms with van der Waals surface area (Å²) in [4.78, 5) is 12.4. The van der Waals surface area contributed by atoms with E-state index in [4.69, 9.17) is 13.9 Å². The summed E-state index contributed by atoms with van der Waals surface area (Å²) >= 11 is 0. The Kier molecular flexibility index (Phi) is 5.50.